The first-order valence-corrected chi connectivity index (χ1v) is 8.17. The van der Waals surface area contributed by atoms with E-state index in [1.807, 2.05) is 43.3 Å². The Morgan fingerprint density at radius 1 is 1.12 bits per heavy atom. The lowest BCUT2D eigenvalue weighted by atomic mass is 10.2. The maximum absolute atomic E-state index is 13.7. The summed E-state index contributed by atoms with van der Waals surface area (Å²) in [6.45, 7) is 0. The van der Waals surface area contributed by atoms with Crippen molar-refractivity contribution in [3.63, 3.8) is 0 Å². The second-order valence-corrected chi connectivity index (χ2v) is 5.97. The van der Waals surface area contributed by atoms with Gasteiger partial charge in [-0.2, -0.15) is 0 Å². The summed E-state index contributed by atoms with van der Waals surface area (Å²) < 4.78 is 19.2. The maximum Gasteiger partial charge on any atom is 0.250 e. The number of halogens is 1. The fourth-order valence-corrected chi connectivity index (χ4v) is 2.38. The second kappa shape index (κ2) is 7.77. The molecule has 0 saturated carbocycles. The Morgan fingerprint density at radius 3 is 2.54 bits per heavy atom. The molecule has 0 spiro atoms. The quantitative estimate of drug-likeness (QED) is 0.733. The molecular weight excluding hydrogens is 335 g/mol. The number of nitrogens with one attached hydrogen (secondary N) is 1. The SMILES string of the molecule is CN(C)c1ccc(NC(=O)CCc2nnc(-c3ccccc3F)o2)cc1. The molecule has 1 amide bonds. The summed E-state index contributed by atoms with van der Waals surface area (Å²) in [5.41, 5.74) is 2.02. The molecule has 2 aromatic carbocycles. The molecule has 6 nitrogen and oxygen atoms in total. The lowest BCUT2D eigenvalue weighted by Gasteiger charge is -2.12. The first kappa shape index (κ1) is 17.6. The number of benzene rings is 2. The third-order valence-electron chi connectivity index (χ3n) is 3.80. The normalized spacial score (nSPS) is 10.6. The van der Waals surface area contributed by atoms with Gasteiger partial charge in [-0.25, -0.2) is 4.39 Å². The number of anilines is 2. The van der Waals surface area contributed by atoms with Crippen LogP contribution in [0.25, 0.3) is 11.5 Å². The summed E-state index contributed by atoms with van der Waals surface area (Å²) >= 11 is 0. The van der Waals surface area contributed by atoms with Gasteiger partial charge in [0.1, 0.15) is 5.82 Å². The van der Waals surface area contributed by atoms with Gasteiger partial charge in [-0.3, -0.25) is 4.79 Å². The Kier molecular flexibility index (Phi) is 5.26. The van der Waals surface area contributed by atoms with Crippen molar-refractivity contribution >= 4 is 17.3 Å². The molecule has 0 aliphatic carbocycles. The molecule has 26 heavy (non-hydrogen) atoms. The highest BCUT2D eigenvalue weighted by Gasteiger charge is 2.13. The predicted molar refractivity (Wildman–Crippen MR) is 97.4 cm³/mol. The highest BCUT2D eigenvalue weighted by molar-refractivity contribution is 5.90. The minimum Gasteiger partial charge on any atom is -0.421 e. The second-order valence-electron chi connectivity index (χ2n) is 5.97. The van der Waals surface area contributed by atoms with Crippen molar-refractivity contribution in [2.24, 2.45) is 0 Å². The van der Waals surface area contributed by atoms with Crippen LogP contribution in [-0.2, 0) is 11.2 Å². The van der Waals surface area contributed by atoms with Crippen LogP contribution in [0, 0.1) is 5.82 Å². The zero-order chi connectivity index (χ0) is 18.5. The van der Waals surface area contributed by atoms with Gasteiger partial charge in [-0.1, -0.05) is 12.1 Å². The van der Waals surface area contributed by atoms with E-state index in [-0.39, 0.29) is 30.2 Å². The van der Waals surface area contributed by atoms with Crippen LogP contribution >= 0.6 is 0 Å². The van der Waals surface area contributed by atoms with Gasteiger partial charge in [0.15, 0.2) is 0 Å². The van der Waals surface area contributed by atoms with Crippen molar-refractivity contribution in [3.8, 4) is 11.5 Å². The smallest absolute Gasteiger partial charge is 0.250 e. The number of hydrogen-bond donors (Lipinski definition) is 1. The van der Waals surface area contributed by atoms with E-state index in [0.29, 0.717) is 5.89 Å². The molecule has 3 aromatic rings. The molecule has 0 unspecified atom stereocenters. The fourth-order valence-electron chi connectivity index (χ4n) is 2.38. The van der Waals surface area contributed by atoms with Crippen LogP contribution in [-0.4, -0.2) is 30.2 Å². The molecule has 0 aliphatic rings. The number of aryl methyl sites for hydroxylation is 1. The minimum atomic E-state index is -0.429. The molecule has 0 radical (unpaired) electrons. The van der Waals surface area contributed by atoms with E-state index in [2.05, 4.69) is 15.5 Å². The first-order valence-electron chi connectivity index (χ1n) is 8.17. The summed E-state index contributed by atoms with van der Waals surface area (Å²) in [4.78, 5) is 14.0. The molecule has 0 bridgehead atoms. The zero-order valence-corrected chi connectivity index (χ0v) is 14.6. The number of carbonyl (C=O) groups excluding carboxylic acids is 1. The number of rotatable bonds is 6. The fraction of sp³-hybridized carbons (Fsp3) is 0.211. The summed E-state index contributed by atoms with van der Waals surface area (Å²) in [5, 5.41) is 10.5. The van der Waals surface area contributed by atoms with Gasteiger partial charge in [-0.15, -0.1) is 10.2 Å². The van der Waals surface area contributed by atoms with Gasteiger partial charge in [-0.05, 0) is 36.4 Å². The van der Waals surface area contributed by atoms with E-state index in [1.165, 1.54) is 6.07 Å². The molecule has 7 heteroatoms. The van der Waals surface area contributed by atoms with Crippen LogP contribution in [0.2, 0.25) is 0 Å². The number of nitrogens with zero attached hydrogens (tertiary/aromatic N) is 3. The third kappa shape index (κ3) is 4.24. The molecule has 0 aliphatic heterocycles. The van der Waals surface area contributed by atoms with E-state index < -0.39 is 5.82 Å². The van der Waals surface area contributed by atoms with Crippen molar-refractivity contribution in [2.75, 3.05) is 24.3 Å². The number of carbonyl (C=O) groups is 1. The van der Waals surface area contributed by atoms with E-state index in [0.717, 1.165) is 11.4 Å². The van der Waals surface area contributed by atoms with E-state index in [4.69, 9.17) is 4.42 Å². The summed E-state index contributed by atoms with van der Waals surface area (Å²) in [5.74, 6) is -0.186. The van der Waals surface area contributed by atoms with Crippen LogP contribution < -0.4 is 10.2 Å². The third-order valence-corrected chi connectivity index (χ3v) is 3.80. The molecule has 3 rings (SSSR count). The van der Waals surface area contributed by atoms with Gasteiger partial charge in [0.2, 0.25) is 11.8 Å². The average molecular weight is 354 g/mol. The Balaban J connectivity index is 1.56. The van der Waals surface area contributed by atoms with Crippen LogP contribution in [0.4, 0.5) is 15.8 Å². The van der Waals surface area contributed by atoms with Crippen LogP contribution in [0.3, 0.4) is 0 Å². The molecule has 0 saturated heterocycles. The van der Waals surface area contributed by atoms with E-state index in [9.17, 15) is 9.18 Å². The summed E-state index contributed by atoms with van der Waals surface area (Å²) in [7, 11) is 3.90. The number of aromatic nitrogens is 2. The van der Waals surface area contributed by atoms with Crippen molar-refractivity contribution in [2.45, 2.75) is 12.8 Å². The predicted octanol–water partition coefficient (Wildman–Crippen LogP) is 3.51. The highest BCUT2D eigenvalue weighted by atomic mass is 19.1. The average Bonchev–Trinajstić information content (AvgIpc) is 3.09. The highest BCUT2D eigenvalue weighted by Crippen LogP contribution is 2.21. The van der Waals surface area contributed by atoms with Crippen molar-refractivity contribution < 1.29 is 13.6 Å². The molecule has 1 aromatic heterocycles. The monoisotopic (exact) mass is 354 g/mol. The topological polar surface area (TPSA) is 71.3 Å². The Morgan fingerprint density at radius 2 is 1.85 bits per heavy atom. The Hall–Kier alpha value is -3.22. The van der Waals surface area contributed by atoms with Gasteiger partial charge in [0.25, 0.3) is 5.89 Å². The molecule has 1 N–H and O–H groups in total. The lowest BCUT2D eigenvalue weighted by Crippen LogP contribution is -2.13. The van der Waals surface area contributed by atoms with Crippen molar-refractivity contribution in [1.82, 2.24) is 10.2 Å². The van der Waals surface area contributed by atoms with Crippen molar-refractivity contribution in [1.29, 1.82) is 0 Å². The molecular formula is C19H19FN4O2. The van der Waals surface area contributed by atoms with Crippen LogP contribution in [0.5, 0.6) is 0 Å². The van der Waals surface area contributed by atoms with Gasteiger partial charge in [0.05, 0.1) is 5.56 Å². The minimum absolute atomic E-state index is 0.109. The number of amides is 1. The van der Waals surface area contributed by atoms with Crippen LogP contribution in [0.1, 0.15) is 12.3 Å². The zero-order valence-electron chi connectivity index (χ0n) is 14.6. The van der Waals surface area contributed by atoms with E-state index in [1.54, 1.807) is 18.2 Å². The molecule has 1 heterocycles. The van der Waals surface area contributed by atoms with E-state index >= 15 is 0 Å². The first-order chi connectivity index (χ1) is 12.5. The Labute approximate surface area is 150 Å². The molecule has 0 fully saturated rings. The summed E-state index contributed by atoms with van der Waals surface area (Å²) in [6.07, 6.45) is 0.470. The van der Waals surface area contributed by atoms with Crippen molar-refractivity contribution in [3.05, 3.63) is 60.2 Å². The standard InChI is InChI=1S/C19H19FN4O2/c1-24(2)14-9-7-13(8-10-14)21-17(25)11-12-18-22-23-19(26-18)15-5-3-4-6-16(15)20/h3-10H,11-12H2,1-2H3,(H,21,25). The van der Waals surface area contributed by atoms with Gasteiger partial charge >= 0.3 is 0 Å². The van der Waals surface area contributed by atoms with Gasteiger partial charge in [0, 0.05) is 38.3 Å². The largest absolute Gasteiger partial charge is 0.421 e. The Bertz CT molecular complexity index is 891. The summed E-state index contributed by atoms with van der Waals surface area (Å²) in [6, 6.07) is 13.7. The van der Waals surface area contributed by atoms with Gasteiger partial charge < -0.3 is 14.6 Å². The van der Waals surface area contributed by atoms with Crippen LogP contribution in [0.15, 0.2) is 52.9 Å². The molecule has 0 atom stereocenters. The lowest BCUT2D eigenvalue weighted by molar-refractivity contribution is -0.116. The maximum atomic E-state index is 13.7. The molecule has 134 valence electrons. The number of hydrogen-bond acceptors (Lipinski definition) is 5.